The van der Waals surface area contributed by atoms with Crippen LogP contribution >= 0.6 is 11.3 Å². The van der Waals surface area contributed by atoms with Crippen LogP contribution in [0.1, 0.15) is 30.3 Å². The first-order chi connectivity index (χ1) is 16.4. The average molecular weight is 492 g/mol. The number of aromatic nitrogens is 2. The molecule has 0 fully saturated rings. The topological polar surface area (TPSA) is 63.2 Å². The van der Waals surface area contributed by atoms with Crippen LogP contribution < -0.4 is 4.57 Å². The molecule has 0 amide bonds. The van der Waals surface area contributed by atoms with Gasteiger partial charge in [0.25, 0.3) is 15.1 Å². The Hall–Kier alpha value is -3.00. The van der Waals surface area contributed by atoms with Crippen LogP contribution in [-0.4, -0.2) is 23.3 Å². The van der Waals surface area contributed by atoms with Gasteiger partial charge in [-0.05, 0) is 49.2 Å². The molecule has 2 aromatic heterocycles. The molecule has 0 saturated heterocycles. The highest BCUT2D eigenvalue weighted by Crippen LogP contribution is 2.30. The van der Waals surface area contributed by atoms with Gasteiger partial charge in [-0.3, -0.25) is 4.55 Å². The van der Waals surface area contributed by atoms with E-state index in [1.165, 1.54) is 26.5 Å². The Bertz CT molecular complexity index is 1630. The van der Waals surface area contributed by atoms with E-state index >= 15 is 0 Å². The van der Waals surface area contributed by atoms with Crippen molar-refractivity contribution in [3.8, 4) is 0 Å². The van der Waals surface area contributed by atoms with E-state index in [1.54, 1.807) is 11.3 Å². The fraction of sp³-hybridized carbons (Fsp3) is 0.222. The Balaban J connectivity index is 1.48. The summed E-state index contributed by atoms with van der Waals surface area (Å²) in [7, 11) is -3.92. The first-order valence-corrected chi connectivity index (χ1v) is 13.9. The molecule has 1 N–H and O–H groups in total. The summed E-state index contributed by atoms with van der Waals surface area (Å²) in [6.45, 7) is 3.80. The van der Waals surface area contributed by atoms with E-state index in [4.69, 9.17) is 4.55 Å². The molecule has 0 saturated carbocycles. The predicted octanol–water partition coefficient (Wildman–Crippen LogP) is 6.16. The zero-order chi connectivity index (χ0) is 23.7. The van der Waals surface area contributed by atoms with Crippen molar-refractivity contribution >= 4 is 65.6 Å². The lowest BCUT2D eigenvalue weighted by atomic mass is 10.1. The van der Waals surface area contributed by atoms with Gasteiger partial charge in [-0.1, -0.05) is 47.7 Å². The molecule has 174 valence electrons. The van der Waals surface area contributed by atoms with Crippen LogP contribution in [0.5, 0.6) is 0 Å². The second-order valence-electron chi connectivity index (χ2n) is 8.42. The van der Waals surface area contributed by atoms with Crippen LogP contribution in [-0.2, 0) is 23.2 Å². The van der Waals surface area contributed by atoms with Gasteiger partial charge >= 0.3 is 0 Å². The zero-order valence-electron chi connectivity index (χ0n) is 19.0. The van der Waals surface area contributed by atoms with Crippen molar-refractivity contribution in [1.29, 1.82) is 0 Å². The van der Waals surface area contributed by atoms with Gasteiger partial charge in [0, 0.05) is 46.9 Å². The molecule has 2 heterocycles. The number of aryl methyl sites for hydroxylation is 2. The van der Waals surface area contributed by atoms with E-state index in [1.807, 2.05) is 12.1 Å². The van der Waals surface area contributed by atoms with E-state index in [-0.39, 0.29) is 5.75 Å². The third-order valence-corrected chi connectivity index (χ3v) is 8.14. The van der Waals surface area contributed by atoms with Gasteiger partial charge in [-0.2, -0.15) is 13.0 Å². The van der Waals surface area contributed by atoms with Crippen molar-refractivity contribution in [2.75, 3.05) is 5.75 Å². The lowest BCUT2D eigenvalue weighted by Crippen LogP contribution is -2.35. The van der Waals surface area contributed by atoms with Crippen LogP contribution in [0.15, 0.2) is 66.7 Å². The van der Waals surface area contributed by atoms with Gasteiger partial charge in [-0.25, -0.2) is 0 Å². The SMILES string of the molecule is CCn1c2ccccc2c2cc(C=Cc3sc4ccccc4[n+]3CCCCS(=O)(=O)O)ccc21. The standard InChI is InChI=1S/C27H26N2O3S2/c1-2-28-23-10-4-3-9-21(23)22-19-20(13-15-24(22)28)14-16-27-29(17-7-8-18-34(30,31)32)25-11-5-6-12-26(25)33-27/h3-6,9-16,19H,2,7-8,17-18H2,1H3/p+1. The highest BCUT2D eigenvalue weighted by molar-refractivity contribution is 7.85. The molecule has 0 spiro atoms. The van der Waals surface area contributed by atoms with Crippen molar-refractivity contribution in [2.45, 2.75) is 32.9 Å². The maximum Gasteiger partial charge on any atom is 0.264 e. The smallest absolute Gasteiger partial charge is 0.264 e. The first kappa shape index (κ1) is 22.8. The third-order valence-electron chi connectivity index (χ3n) is 6.20. The Morgan fingerprint density at radius 1 is 0.941 bits per heavy atom. The summed E-state index contributed by atoms with van der Waals surface area (Å²) in [4.78, 5) is 0. The largest absolute Gasteiger partial charge is 0.341 e. The van der Waals surface area contributed by atoms with Crippen molar-refractivity contribution in [3.63, 3.8) is 0 Å². The molecule has 0 bridgehead atoms. The van der Waals surface area contributed by atoms with Crippen LogP contribution in [0.2, 0.25) is 0 Å². The molecule has 5 nitrogen and oxygen atoms in total. The molecular formula is C27H27N2O3S2+. The number of nitrogens with zero attached hydrogens (tertiary/aromatic N) is 2. The first-order valence-electron chi connectivity index (χ1n) is 11.5. The molecule has 0 aliphatic carbocycles. The molecule has 0 aliphatic heterocycles. The Kier molecular flexibility index (Phi) is 6.25. The van der Waals surface area contributed by atoms with Crippen LogP contribution in [0, 0.1) is 0 Å². The minimum absolute atomic E-state index is 0.202. The molecule has 5 rings (SSSR count). The molecule has 0 atom stereocenters. The second-order valence-corrected chi connectivity index (χ2v) is 11.1. The van der Waals surface area contributed by atoms with Gasteiger partial charge in [0.05, 0.1) is 5.75 Å². The Morgan fingerprint density at radius 2 is 1.71 bits per heavy atom. The summed E-state index contributed by atoms with van der Waals surface area (Å²) in [5, 5.41) is 3.64. The Labute approximate surface area is 203 Å². The van der Waals surface area contributed by atoms with Crippen LogP contribution in [0.25, 0.3) is 44.2 Å². The predicted molar refractivity (Wildman–Crippen MR) is 142 cm³/mol. The molecular weight excluding hydrogens is 464 g/mol. The van der Waals surface area contributed by atoms with Gasteiger partial charge in [-0.15, -0.1) is 0 Å². The molecule has 5 aromatic rings. The number of fused-ring (bicyclic) bond motifs is 4. The molecule has 0 aliphatic rings. The summed E-state index contributed by atoms with van der Waals surface area (Å²) in [5.74, 6) is -0.202. The molecule has 34 heavy (non-hydrogen) atoms. The minimum atomic E-state index is -3.92. The summed E-state index contributed by atoms with van der Waals surface area (Å²) in [5.41, 5.74) is 4.78. The van der Waals surface area contributed by atoms with E-state index in [9.17, 15) is 8.42 Å². The summed E-state index contributed by atoms with van der Waals surface area (Å²) < 4.78 is 36.9. The highest BCUT2D eigenvalue weighted by Gasteiger charge is 2.18. The monoisotopic (exact) mass is 491 g/mol. The van der Waals surface area contributed by atoms with E-state index in [2.05, 4.69) is 82.8 Å². The molecule has 0 radical (unpaired) electrons. The van der Waals surface area contributed by atoms with Crippen molar-refractivity contribution < 1.29 is 17.5 Å². The molecule has 0 unspecified atom stereocenters. The number of hydrogen-bond donors (Lipinski definition) is 1. The normalized spacial score (nSPS) is 12.5. The summed E-state index contributed by atoms with van der Waals surface area (Å²) in [6.07, 6.45) is 5.40. The number of thiazole rings is 1. The zero-order valence-corrected chi connectivity index (χ0v) is 20.6. The van der Waals surface area contributed by atoms with Gasteiger partial charge in [0.1, 0.15) is 4.70 Å². The second kappa shape index (κ2) is 9.33. The van der Waals surface area contributed by atoms with Crippen molar-refractivity contribution in [3.05, 3.63) is 77.3 Å². The van der Waals surface area contributed by atoms with Gasteiger partial charge in [0.15, 0.2) is 6.54 Å². The van der Waals surface area contributed by atoms with Crippen molar-refractivity contribution in [2.24, 2.45) is 0 Å². The fourth-order valence-corrected chi connectivity index (χ4v) is 6.30. The maximum atomic E-state index is 11.1. The fourth-order valence-electron chi connectivity index (χ4n) is 4.65. The van der Waals surface area contributed by atoms with Gasteiger partial charge in [0.2, 0.25) is 5.52 Å². The molecule has 7 heteroatoms. The highest BCUT2D eigenvalue weighted by atomic mass is 32.2. The molecule has 3 aromatic carbocycles. The van der Waals surface area contributed by atoms with E-state index in [0.717, 1.165) is 22.6 Å². The number of para-hydroxylation sites is 2. The summed E-state index contributed by atoms with van der Waals surface area (Å²) in [6, 6.07) is 23.4. The number of benzene rings is 3. The average Bonchev–Trinajstić information content (AvgIpc) is 3.34. The number of unbranched alkanes of at least 4 members (excludes halogenated alkanes) is 1. The maximum absolute atomic E-state index is 11.1. The lowest BCUT2D eigenvalue weighted by molar-refractivity contribution is -0.669. The van der Waals surface area contributed by atoms with Crippen LogP contribution in [0.4, 0.5) is 0 Å². The Morgan fingerprint density at radius 3 is 2.53 bits per heavy atom. The quantitative estimate of drug-likeness (QED) is 0.161. The van der Waals surface area contributed by atoms with Crippen LogP contribution in [0.3, 0.4) is 0 Å². The number of rotatable bonds is 8. The van der Waals surface area contributed by atoms with E-state index < -0.39 is 10.1 Å². The third kappa shape index (κ3) is 4.51. The summed E-state index contributed by atoms with van der Waals surface area (Å²) >= 11 is 1.73. The van der Waals surface area contributed by atoms with Gasteiger partial charge < -0.3 is 4.57 Å². The van der Waals surface area contributed by atoms with Crippen molar-refractivity contribution in [1.82, 2.24) is 4.57 Å². The minimum Gasteiger partial charge on any atom is -0.341 e. The number of hydrogen-bond acceptors (Lipinski definition) is 3. The van der Waals surface area contributed by atoms with E-state index in [0.29, 0.717) is 19.4 Å². The lowest BCUT2D eigenvalue weighted by Gasteiger charge is -2.02.